The minimum atomic E-state index is -0.354. The first-order valence-electron chi connectivity index (χ1n) is 7.56. The van der Waals surface area contributed by atoms with Crippen molar-refractivity contribution in [2.24, 2.45) is 0 Å². The molecule has 1 amide bonds. The smallest absolute Gasteiger partial charge is 0.257 e. The molecule has 0 bridgehead atoms. The second kappa shape index (κ2) is 7.87. The average Bonchev–Trinajstić information content (AvgIpc) is 2.66. The zero-order valence-corrected chi connectivity index (χ0v) is 14.8. The highest BCUT2D eigenvalue weighted by Gasteiger charge is 2.10. The van der Waals surface area contributed by atoms with E-state index in [2.05, 4.69) is 15.6 Å². The van der Waals surface area contributed by atoms with Crippen LogP contribution >= 0.6 is 23.2 Å². The predicted octanol–water partition coefficient (Wildman–Crippen LogP) is 5.26. The first-order chi connectivity index (χ1) is 12.6. The summed E-state index contributed by atoms with van der Waals surface area (Å²) in [5.41, 5.74) is 1.82. The van der Waals surface area contributed by atoms with Crippen molar-refractivity contribution in [3.8, 4) is 6.07 Å². The Kier molecular flexibility index (Phi) is 5.37. The van der Waals surface area contributed by atoms with Crippen LogP contribution in [-0.2, 0) is 0 Å². The molecule has 0 radical (unpaired) electrons. The Labute approximate surface area is 160 Å². The summed E-state index contributed by atoms with van der Waals surface area (Å²) in [7, 11) is 0. The Morgan fingerprint density at radius 3 is 2.50 bits per heavy atom. The molecule has 0 spiro atoms. The molecule has 3 aromatic rings. The summed E-state index contributed by atoms with van der Waals surface area (Å²) in [6, 6.07) is 17.3. The van der Waals surface area contributed by atoms with Crippen molar-refractivity contribution in [3.05, 3.63) is 82.0 Å². The van der Waals surface area contributed by atoms with E-state index in [0.29, 0.717) is 38.4 Å². The Balaban J connectivity index is 1.74. The maximum absolute atomic E-state index is 12.3. The first-order valence-corrected chi connectivity index (χ1v) is 8.31. The summed E-state index contributed by atoms with van der Waals surface area (Å²) in [5, 5.41) is 15.7. The fourth-order valence-corrected chi connectivity index (χ4v) is 2.57. The van der Waals surface area contributed by atoms with Crippen LogP contribution in [0, 0.1) is 11.3 Å². The van der Waals surface area contributed by atoms with E-state index >= 15 is 0 Å². The van der Waals surface area contributed by atoms with Crippen LogP contribution in [0.2, 0.25) is 10.0 Å². The SMILES string of the molecule is N#Cc1ccccc1NC(=O)c1ccc(Nc2cccc(Cl)c2Cl)nc1. The number of nitrogens with zero attached hydrogens (tertiary/aromatic N) is 2. The number of pyridine rings is 1. The normalized spacial score (nSPS) is 10.0. The molecular formula is C19H12Cl2N4O. The van der Waals surface area contributed by atoms with Gasteiger partial charge in [-0.2, -0.15) is 5.26 Å². The minimum Gasteiger partial charge on any atom is -0.339 e. The van der Waals surface area contributed by atoms with Crippen LogP contribution in [-0.4, -0.2) is 10.9 Å². The number of para-hydroxylation sites is 1. The molecule has 0 aliphatic heterocycles. The van der Waals surface area contributed by atoms with Crippen molar-refractivity contribution < 1.29 is 4.79 Å². The number of amides is 1. The fraction of sp³-hybridized carbons (Fsp3) is 0. The molecule has 0 unspecified atom stereocenters. The van der Waals surface area contributed by atoms with Gasteiger partial charge in [-0.15, -0.1) is 0 Å². The van der Waals surface area contributed by atoms with E-state index < -0.39 is 0 Å². The average molecular weight is 383 g/mol. The van der Waals surface area contributed by atoms with Crippen LogP contribution in [0.1, 0.15) is 15.9 Å². The minimum absolute atomic E-state index is 0.354. The van der Waals surface area contributed by atoms with Gasteiger partial charge < -0.3 is 10.6 Å². The maximum Gasteiger partial charge on any atom is 0.257 e. The van der Waals surface area contributed by atoms with Crippen molar-refractivity contribution in [2.75, 3.05) is 10.6 Å². The maximum atomic E-state index is 12.3. The molecule has 2 aromatic carbocycles. The highest BCUT2D eigenvalue weighted by Crippen LogP contribution is 2.31. The zero-order chi connectivity index (χ0) is 18.5. The van der Waals surface area contributed by atoms with Gasteiger partial charge in [0.1, 0.15) is 11.9 Å². The first kappa shape index (κ1) is 17.7. The van der Waals surface area contributed by atoms with Gasteiger partial charge in [-0.1, -0.05) is 41.4 Å². The number of anilines is 3. The number of halogens is 2. The van der Waals surface area contributed by atoms with Gasteiger partial charge in [0.25, 0.3) is 5.91 Å². The Hall–Kier alpha value is -3.07. The van der Waals surface area contributed by atoms with E-state index in [0.717, 1.165) is 0 Å². The van der Waals surface area contributed by atoms with Gasteiger partial charge in [-0.05, 0) is 36.4 Å². The summed E-state index contributed by atoms with van der Waals surface area (Å²) >= 11 is 12.1. The lowest BCUT2D eigenvalue weighted by Crippen LogP contribution is -2.13. The second-order valence-electron chi connectivity index (χ2n) is 5.27. The second-order valence-corrected chi connectivity index (χ2v) is 6.06. The van der Waals surface area contributed by atoms with Crippen molar-refractivity contribution in [3.63, 3.8) is 0 Å². The number of hydrogen-bond acceptors (Lipinski definition) is 4. The van der Waals surface area contributed by atoms with Gasteiger partial charge in [-0.3, -0.25) is 4.79 Å². The zero-order valence-electron chi connectivity index (χ0n) is 13.3. The van der Waals surface area contributed by atoms with Crippen LogP contribution in [0.25, 0.3) is 0 Å². The molecule has 0 atom stereocenters. The van der Waals surface area contributed by atoms with E-state index in [-0.39, 0.29) is 5.91 Å². The lowest BCUT2D eigenvalue weighted by Gasteiger charge is -2.10. The van der Waals surface area contributed by atoms with Crippen molar-refractivity contribution in [1.82, 2.24) is 4.98 Å². The van der Waals surface area contributed by atoms with Gasteiger partial charge in [0.2, 0.25) is 0 Å². The van der Waals surface area contributed by atoms with Crippen LogP contribution in [0.3, 0.4) is 0 Å². The highest BCUT2D eigenvalue weighted by molar-refractivity contribution is 6.43. The Morgan fingerprint density at radius 1 is 1.00 bits per heavy atom. The molecule has 1 heterocycles. The summed E-state index contributed by atoms with van der Waals surface area (Å²) in [6.45, 7) is 0. The molecule has 2 N–H and O–H groups in total. The Morgan fingerprint density at radius 2 is 1.77 bits per heavy atom. The van der Waals surface area contributed by atoms with Crippen LogP contribution < -0.4 is 10.6 Å². The molecule has 0 aliphatic carbocycles. The molecule has 0 aliphatic rings. The summed E-state index contributed by atoms with van der Waals surface area (Å²) < 4.78 is 0. The van der Waals surface area contributed by atoms with Crippen molar-refractivity contribution in [2.45, 2.75) is 0 Å². The van der Waals surface area contributed by atoms with E-state index in [1.165, 1.54) is 6.20 Å². The topological polar surface area (TPSA) is 77.8 Å². The quantitative estimate of drug-likeness (QED) is 0.645. The van der Waals surface area contributed by atoms with Gasteiger partial charge in [0.15, 0.2) is 0 Å². The molecule has 26 heavy (non-hydrogen) atoms. The molecular weight excluding hydrogens is 371 g/mol. The third kappa shape index (κ3) is 3.94. The van der Waals surface area contributed by atoms with Crippen molar-refractivity contribution in [1.29, 1.82) is 5.26 Å². The highest BCUT2D eigenvalue weighted by atomic mass is 35.5. The number of nitriles is 1. The molecule has 128 valence electrons. The molecule has 7 heteroatoms. The monoisotopic (exact) mass is 382 g/mol. The van der Waals surface area contributed by atoms with Gasteiger partial charge >= 0.3 is 0 Å². The predicted molar refractivity (Wildman–Crippen MR) is 103 cm³/mol. The number of nitrogens with one attached hydrogen (secondary N) is 2. The van der Waals surface area contributed by atoms with E-state index in [1.54, 1.807) is 54.6 Å². The summed E-state index contributed by atoms with van der Waals surface area (Å²) in [6.07, 6.45) is 1.44. The fourth-order valence-electron chi connectivity index (χ4n) is 2.22. The summed E-state index contributed by atoms with van der Waals surface area (Å²) in [5.74, 6) is 0.163. The lowest BCUT2D eigenvalue weighted by atomic mass is 10.2. The number of benzene rings is 2. The number of hydrogen-bond donors (Lipinski definition) is 2. The van der Waals surface area contributed by atoms with Crippen LogP contribution in [0.15, 0.2) is 60.8 Å². The molecule has 0 fully saturated rings. The molecule has 3 rings (SSSR count). The third-order valence-corrected chi connectivity index (χ3v) is 4.35. The molecule has 0 saturated carbocycles. The van der Waals surface area contributed by atoms with Crippen LogP contribution in [0.5, 0.6) is 0 Å². The van der Waals surface area contributed by atoms with Crippen molar-refractivity contribution >= 4 is 46.3 Å². The molecule has 5 nitrogen and oxygen atoms in total. The number of aromatic nitrogens is 1. The number of carbonyl (C=O) groups excluding carboxylic acids is 1. The lowest BCUT2D eigenvalue weighted by molar-refractivity contribution is 0.102. The molecule has 0 saturated heterocycles. The standard InChI is InChI=1S/C19H12Cl2N4O/c20-14-5-3-7-16(18(14)21)24-17-9-8-13(11-23-17)19(26)25-15-6-2-1-4-12(15)10-22/h1-9,11H,(H,23,24)(H,25,26). The van der Waals surface area contributed by atoms with E-state index in [9.17, 15) is 4.79 Å². The Bertz CT molecular complexity index is 997. The third-order valence-electron chi connectivity index (χ3n) is 3.54. The number of carbonyl (C=O) groups is 1. The van der Waals surface area contributed by atoms with Gasteiger partial charge in [0, 0.05) is 6.20 Å². The van der Waals surface area contributed by atoms with E-state index in [4.69, 9.17) is 28.5 Å². The number of rotatable bonds is 4. The largest absolute Gasteiger partial charge is 0.339 e. The van der Waals surface area contributed by atoms with Gasteiger partial charge in [0.05, 0.1) is 32.5 Å². The van der Waals surface area contributed by atoms with Gasteiger partial charge in [-0.25, -0.2) is 4.98 Å². The summed E-state index contributed by atoms with van der Waals surface area (Å²) in [4.78, 5) is 16.5. The van der Waals surface area contributed by atoms with Crippen LogP contribution in [0.4, 0.5) is 17.2 Å². The van der Waals surface area contributed by atoms with E-state index in [1.807, 2.05) is 6.07 Å². The molecule has 1 aromatic heterocycles.